The van der Waals surface area contributed by atoms with E-state index in [2.05, 4.69) is 0 Å². The molecule has 0 spiro atoms. The smallest absolute Gasteiger partial charge is 0.137 e. The lowest BCUT2D eigenvalue weighted by molar-refractivity contribution is 0.472. The lowest BCUT2D eigenvalue weighted by Crippen LogP contribution is -2.11. The summed E-state index contributed by atoms with van der Waals surface area (Å²) < 4.78 is 19.0. The van der Waals surface area contributed by atoms with Crippen LogP contribution in [0.5, 0.6) is 11.5 Å². The highest BCUT2D eigenvalue weighted by Crippen LogP contribution is 2.29. The van der Waals surface area contributed by atoms with Crippen LogP contribution >= 0.6 is 12.2 Å². The van der Waals surface area contributed by atoms with Gasteiger partial charge in [-0.2, -0.15) is 0 Å². The molecule has 19 heavy (non-hydrogen) atoms. The van der Waals surface area contributed by atoms with Crippen molar-refractivity contribution in [3.05, 3.63) is 58.9 Å². The lowest BCUT2D eigenvalue weighted by atomic mass is 10.1. The van der Waals surface area contributed by atoms with Crippen LogP contribution in [0.3, 0.4) is 0 Å². The molecule has 0 saturated heterocycles. The summed E-state index contributed by atoms with van der Waals surface area (Å²) in [5, 5.41) is 0. The molecule has 0 saturated carbocycles. The average molecular weight is 275 g/mol. The number of benzene rings is 2. The van der Waals surface area contributed by atoms with E-state index in [9.17, 15) is 4.39 Å². The van der Waals surface area contributed by atoms with Gasteiger partial charge in [-0.25, -0.2) is 4.39 Å². The summed E-state index contributed by atoms with van der Waals surface area (Å²) in [4.78, 5) is 0.257. The maximum atomic E-state index is 13.2. The number of thiocarbonyl (C=S) groups is 1. The summed E-state index contributed by atoms with van der Waals surface area (Å²) >= 11 is 5.01. The Morgan fingerprint density at radius 3 is 2.53 bits per heavy atom. The van der Waals surface area contributed by atoms with Crippen LogP contribution in [-0.2, 0) is 0 Å². The zero-order valence-electron chi connectivity index (χ0n) is 10.7. The first-order valence-corrected chi connectivity index (χ1v) is 6.22. The molecule has 2 aromatic carbocycles. The van der Waals surface area contributed by atoms with E-state index >= 15 is 0 Å². The zero-order valence-corrected chi connectivity index (χ0v) is 11.6. The van der Waals surface area contributed by atoms with Gasteiger partial charge in [-0.3, -0.25) is 0 Å². The van der Waals surface area contributed by atoms with E-state index in [4.69, 9.17) is 22.7 Å². The molecule has 0 atom stereocenters. The predicted octanol–water partition coefficient (Wildman–Crippen LogP) is 3.87. The van der Waals surface area contributed by atoms with Crippen molar-refractivity contribution in [2.45, 2.75) is 13.8 Å². The summed E-state index contributed by atoms with van der Waals surface area (Å²) in [5.41, 5.74) is 8.21. The normalized spacial score (nSPS) is 10.3. The molecule has 0 fully saturated rings. The lowest BCUT2D eigenvalue weighted by Gasteiger charge is -2.13. The van der Waals surface area contributed by atoms with Crippen LogP contribution in [-0.4, -0.2) is 4.99 Å². The van der Waals surface area contributed by atoms with Gasteiger partial charge in [0.2, 0.25) is 0 Å². The van der Waals surface area contributed by atoms with E-state index in [0.29, 0.717) is 17.1 Å². The van der Waals surface area contributed by atoms with Gasteiger partial charge in [-0.1, -0.05) is 29.9 Å². The van der Waals surface area contributed by atoms with Gasteiger partial charge in [0.05, 0.1) is 5.56 Å². The summed E-state index contributed by atoms with van der Waals surface area (Å²) in [7, 11) is 0. The van der Waals surface area contributed by atoms with Gasteiger partial charge in [-0.05, 0) is 37.6 Å². The number of ether oxygens (including phenoxy) is 1. The van der Waals surface area contributed by atoms with Gasteiger partial charge in [0, 0.05) is 6.07 Å². The minimum absolute atomic E-state index is 0.257. The Morgan fingerprint density at radius 2 is 1.84 bits per heavy atom. The van der Waals surface area contributed by atoms with E-state index < -0.39 is 0 Å². The van der Waals surface area contributed by atoms with Crippen LogP contribution in [0.2, 0.25) is 0 Å². The van der Waals surface area contributed by atoms with E-state index in [1.54, 1.807) is 12.1 Å². The Hall–Kier alpha value is -1.94. The average Bonchev–Trinajstić information content (AvgIpc) is 2.35. The Morgan fingerprint density at radius 1 is 1.11 bits per heavy atom. The Bertz CT molecular complexity index is 640. The minimum Gasteiger partial charge on any atom is -0.456 e. The summed E-state index contributed by atoms with van der Waals surface area (Å²) in [5.74, 6) is 0.651. The molecule has 2 aromatic rings. The summed E-state index contributed by atoms with van der Waals surface area (Å²) in [6, 6.07) is 9.94. The van der Waals surface area contributed by atoms with Crippen LogP contribution in [0, 0.1) is 19.7 Å². The maximum Gasteiger partial charge on any atom is 0.137 e. The molecular formula is C15H14FNOS. The summed E-state index contributed by atoms with van der Waals surface area (Å²) in [6.07, 6.45) is 0. The molecule has 0 aromatic heterocycles. The number of hydrogen-bond acceptors (Lipinski definition) is 2. The quantitative estimate of drug-likeness (QED) is 0.864. The van der Waals surface area contributed by atoms with E-state index in [0.717, 1.165) is 11.1 Å². The largest absolute Gasteiger partial charge is 0.456 e. The molecule has 4 heteroatoms. The van der Waals surface area contributed by atoms with Crippen molar-refractivity contribution in [1.82, 2.24) is 0 Å². The molecule has 0 aliphatic rings. The number of nitrogens with two attached hydrogens (primary N) is 1. The SMILES string of the molecule is Cc1ccc(Oc2cc(F)ccc2C)c(C(N)=S)c1. The molecule has 0 amide bonds. The van der Waals surface area contributed by atoms with Crippen LogP contribution in [0.4, 0.5) is 4.39 Å². The highest BCUT2D eigenvalue weighted by atomic mass is 32.1. The topological polar surface area (TPSA) is 35.2 Å². The van der Waals surface area contributed by atoms with Crippen molar-refractivity contribution in [2.24, 2.45) is 5.73 Å². The van der Waals surface area contributed by atoms with E-state index in [-0.39, 0.29) is 10.8 Å². The molecule has 0 bridgehead atoms. The van der Waals surface area contributed by atoms with Crippen molar-refractivity contribution in [3.63, 3.8) is 0 Å². The number of aryl methyl sites for hydroxylation is 2. The fourth-order valence-corrected chi connectivity index (χ4v) is 1.89. The van der Waals surface area contributed by atoms with Gasteiger partial charge in [0.25, 0.3) is 0 Å². The molecule has 0 aliphatic carbocycles. The van der Waals surface area contributed by atoms with Crippen molar-refractivity contribution in [3.8, 4) is 11.5 Å². The van der Waals surface area contributed by atoms with Crippen LogP contribution in [0.1, 0.15) is 16.7 Å². The third-order valence-electron chi connectivity index (χ3n) is 2.77. The number of rotatable bonds is 3. The molecule has 0 aliphatic heterocycles. The number of hydrogen-bond donors (Lipinski definition) is 1. The fourth-order valence-electron chi connectivity index (χ4n) is 1.73. The van der Waals surface area contributed by atoms with Crippen LogP contribution < -0.4 is 10.5 Å². The van der Waals surface area contributed by atoms with Gasteiger partial charge in [0.1, 0.15) is 22.3 Å². The first kappa shape index (κ1) is 13.5. The Labute approximate surface area is 117 Å². The number of halogens is 1. The highest BCUT2D eigenvalue weighted by Gasteiger charge is 2.10. The van der Waals surface area contributed by atoms with E-state index in [1.165, 1.54) is 12.1 Å². The molecule has 2 nitrogen and oxygen atoms in total. The van der Waals surface area contributed by atoms with Crippen LogP contribution in [0.25, 0.3) is 0 Å². The van der Waals surface area contributed by atoms with E-state index in [1.807, 2.05) is 26.0 Å². The van der Waals surface area contributed by atoms with Gasteiger partial charge < -0.3 is 10.5 Å². The third-order valence-corrected chi connectivity index (χ3v) is 2.99. The molecule has 98 valence electrons. The van der Waals surface area contributed by atoms with Crippen molar-refractivity contribution in [1.29, 1.82) is 0 Å². The van der Waals surface area contributed by atoms with Crippen molar-refractivity contribution >= 4 is 17.2 Å². The standard InChI is InChI=1S/C15H14FNOS/c1-9-3-6-13(12(7-9)15(17)19)18-14-8-11(16)5-4-10(14)2/h3-8H,1-2H3,(H2,17,19). The second-order valence-corrected chi connectivity index (χ2v) is 4.82. The van der Waals surface area contributed by atoms with Gasteiger partial charge in [0.15, 0.2) is 0 Å². The molecule has 0 heterocycles. The second-order valence-electron chi connectivity index (χ2n) is 4.38. The zero-order chi connectivity index (χ0) is 14.0. The first-order chi connectivity index (χ1) is 8.97. The minimum atomic E-state index is -0.343. The van der Waals surface area contributed by atoms with Crippen LogP contribution in [0.15, 0.2) is 36.4 Å². The second kappa shape index (κ2) is 5.36. The Kier molecular flexibility index (Phi) is 3.81. The molecular weight excluding hydrogens is 261 g/mol. The Balaban J connectivity index is 2.43. The van der Waals surface area contributed by atoms with Gasteiger partial charge in [-0.15, -0.1) is 0 Å². The maximum absolute atomic E-state index is 13.2. The molecule has 2 rings (SSSR count). The van der Waals surface area contributed by atoms with Gasteiger partial charge >= 0.3 is 0 Å². The first-order valence-electron chi connectivity index (χ1n) is 5.82. The molecule has 0 unspecified atom stereocenters. The highest BCUT2D eigenvalue weighted by molar-refractivity contribution is 7.80. The molecule has 0 radical (unpaired) electrons. The van der Waals surface area contributed by atoms with Crippen molar-refractivity contribution < 1.29 is 9.13 Å². The molecule has 2 N–H and O–H groups in total. The predicted molar refractivity (Wildman–Crippen MR) is 78.3 cm³/mol. The van der Waals surface area contributed by atoms with Crippen molar-refractivity contribution in [2.75, 3.05) is 0 Å². The third kappa shape index (κ3) is 3.09. The monoisotopic (exact) mass is 275 g/mol. The fraction of sp³-hybridized carbons (Fsp3) is 0.133. The summed E-state index contributed by atoms with van der Waals surface area (Å²) in [6.45, 7) is 3.79.